The molecule has 0 amide bonds. The third-order valence-electron chi connectivity index (χ3n) is 3.43. The molecule has 0 N–H and O–H groups in total. The number of benzene rings is 2. The Balaban J connectivity index is 1.97. The fourth-order valence-corrected chi connectivity index (χ4v) is 2.24. The van der Waals surface area contributed by atoms with Crippen LogP contribution in [0.25, 0.3) is 17.0 Å². The van der Waals surface area contributed by atoms with Gasteiger partial charge in [0.15, 0.2) is 11.2 Å². The first-order valence-electron chi connectivity index (χ1n) is 6.95. The van der Waals surface area contributed by atoms with Gasteiger partial charge < -0.3 is 4.42 Å². The smallest absolute Gasteiger partial charge is 0.199 e. The summed E-state index contributed by atoms with van der Waals surface area (Å²) in [5, 5.41) is 0.523. The van der Waals surface area contributed by atoms with Gasteiger partial charge in [-0.15, -0.1) is 0 Å². The van der Waals surface area contributed by atoms with Crippen molar-refractivity contribution < 1.29 is 9.21 Å². The molecule has 22 heavy (non-hydrogen) atoms. The molecule has 0 bridgehead atoms. The molecule has 1 heterocycles. The van der Waals surface area contributed by atoms with Gasteiger partial charge in [-0.2, -0.15) is 0 Å². The van der Waals surface area contributed by atoms with Crippen molar-refractivity contribution in [3.63, 3.8) is 0 Å². The molecule has 0 aliphatic carbocycles. The van der Waals surface area contributed by atoms with Gasteiger partial charge in [0.1, 0.15) is 11.8 Å². The third kappa shape index (κ3) is 2.74. The number of aryl methyl sites for hydroxylation is 1. The van der Waals surface area contributed by atoms with Crippen LogP contribution in [0.2, 0.25) is 0 Å². The van der Waals surface area contributed by atoms with Gasteiger partial charge >= 0.3 is 0 Å². The molecule has 2 aromatic carbocycles. The van der Waals surface area contributed by atoms with Gasteiger partial charge in [0, 0.05) is 5.56 Å². The molecule has 3 nitrogen and oxygen atoms in total. The molecule has 0 aliphatic rings. The SMILES string of the molecule is Cc1ccc2occ(/C=C/C(=O)c3ccccc3)c(=O)c2c1. The Bertz CT molecular complexity index is 918. The van der Waals surface area contributed by atoms with E-state index in [0.29, 0.717) is 22.1 Å². The highest BCUT2D eigenvalue weighted by molar-refractivity contribution is 6.06. The highest BCUT2D eigenvalue weighted by Crippen LogP contribution is 2.14. The Hall–Kier alpha value is -2.94. The van der Waals surface area contributed by atoms with Crippen LogP contribution < -0.4 is 5.43 Å². The quantitative estimate of drug-likeness (QED) is 0.541. The molecule has 0 spiro atoms. The van der Waals surface area contributed by atoms with Crippen LogP contribution in [0, 0.1) is 6.92 Å². The van der Waals surface area contributed by atoms with Gasteiger partial charge in [0.2, 0.25) is 0 Å². The highest BCUT2D eigenvalue weighted by Gasteiger charge is 2.06. The van der Waals surface area contributed by atoms with Crippen LogP contribution in [0.4, 0.5) is 0 Å². The number of carbonyl (C=O) groups is 1. The molecule has 0 saturated carbocycles. The molecule has 0 atom stereocenters. The van der Waals surface area contributed by atoms with Crippen molar-refractivity contribution >= 4 is 22.8 Å². The van der Waals surface area contributed by atoms with E-state index in [4.69, 9.17) is 4.42 Å². The zero-order valence-electron chi connectivity index (χ0n) is 12.1. The minimum Gasteiger partial charge on any atom is -0.463 e. The van der Waals surface area contributed by atoms with Crippen molar-refractivity contribution in [3.8, 4) is 0 Å². The maximum Gasteiger partial charge on any atom is 0.199 e. The normalized spacial score (nSPS) is 11.1. The third-order valence-corrected chi connectivity index (χ3v) is 3.43. The summed E-state index contributed by atoms with van der Waals surface area (Å²) in [5.41, 5.74) is 2.34. The van der Waals surface area contributed by atoms with Crippen molar-refractivity contribution in [2.75, 3.05) is 0 Å². The molecule has 0 radical (unpaired) electrons. The maximum absolute atomic E-state index is 12.4. The van der Waals surface area contributed by atoms with Crippen molar-refractivity contribution in [1.29, 1.82) is 0 Å². The van der Waals surface area contributed by atoms with E-state index in [1.54, 1.807) is 36.4 Å². The van der Waals surface area contributed by atoms with Crippen LogP contribution in [0.1, 0.15) is 21.5 Å². The molecule has 0 unspecified atom stereocenters. The van der Waals surface area contributed by atoms with Crippen LogP contribution in [0.15, 0.2) is 70.1 Å². The van der Waals surface area contributed by atoms with Gasteiger partial charge in [-0.05, 0) is 31.2 Å². The molecule has 0 fully saturated rings. The van der Waals surface area contributed by atoms with Crippen LogP contribution >= 0.6 is 0 Å². The van der Waals surface area contributed by atoms with Crippen LogP contribution in [-0.2, 0) is 0 Å². The van der Waals surface area contributed by atoms with E-state index >= 15 is 0 Å². The first-order chi connectivity index (χ1) is 10.6. The minimum atomic E-state index is -0.149. The van der Waals surface area contributed by atoms with E-state index in [2.05, 4.69) is 0 Å². The van der Waals surface area contributed by atoms with E-state index in [-0.39, 0.29) is 11.2 Å². The summed E-state index contributed by atoms with van der Waals surface area (Å²) in [4.78, 5) is 24.4. The Kier molecular flexibility index (Phi) is 3.71. The largest absolute Gasteiger partial charge is 0.463 e. The molecule has 0 saturated heterocycles. The van der Waals surface area contributed by atoms with Gasteiger partial charge in [-0.1, -0.05) is 42.0 Å². The number of allylic oxidation sites excluding steroid dienone is 1. The van der Waals surface area contributed by atoms with Gasteiger partial charge in [-0.25, -0.2) is 0 Å². The second-order valence-corrected chi connectivity index (χ2v) is 5.08. The maximum atomic E-state index is 12.4. The summed E-state index contributed by atoms with van der Waals surface area (Å²) < 4.78 is 5.45. The van der Waals surface area contributed by atoms with Crippen molar-refractivity contribution in [1.82, 2.24) is 0 Å². The lowest BCUT2D eigenvalue weighted by molar-refractivity contribution is 0.104. The molecular formula is C19H14O3. The molecular weight excluding hydrogens is 276 g/mol. The van der Waals surface area contributed by atoms with Crippen molar-refractivity contribution in [2.24, 2.45) is 0 Å². The Morgan fingerprint density at radius 1 is 1.09 bits per heavy atom. The predicted octanol–water partition coefficient (Wildman–Crippen LogP) is 4.00. The van der Waals surface area contributed by atoms with Crippen LogP contribution in [0.5, 0.6) is 0 Å². The first kappa shape index (κ1) is 14.0. The summed E-state index contributed by atoms with van der Waals surface area (Å²) in [5.74, 6) is -0.149. The lowest BCUT2D eigenvalue weighted by Gasteiger charge is -2.00. The predicted molar refractivity (Wildman–Crippen MR) is 87.0 cm³/mol. The molecule has 1 aromatic heterocycles. The molecule has 3 heteroatoms. The van der Waals surface area contributed by atoms with E-state index in [1.165, 1.54) is 18.4 Å². The number of fused-ring (bicyclic) bond motifs is 1. The van der Waals surface area contributed by atoms with Gasteiger partial charge in [0.05, 0.1) is 10.9 Å². The number of rotatable bonds is 3. The lowest BCUT2D eigenvalue weighted by Crippen LogP contribution is -2.05. The number of ketones is 1. The van der Waals surface area contributed by atoms with E-state index < -0.39 is 0 Å². The van der Waals surface area contributed by atoms with Crippen LogP contribution in [-0.4, -0.2) is 5.78 Å². The molecule has 108 valence electrons. The number of carbonyl (C=O) groups excluding carboxylic acids is 1. The van der Waals surface area contributed by atoms with Gasteiger partial charge in [-0.3, -0.25) is 9.59 Å². The molecule has 0 aliphatic heterocycles. The average Bonchev–Trinajstić information content (AvgIpc) is 2.55. The molecule has 3 rings (SSSR count). The standard InChI is InChI=1S/C19H14O3/c1-13-7-10-18-16(11-13)19(21)15(12-22-18)8-9-17(20)14-5-3-2-4-6-14/h2-12H,1H3/b9-8+. The lowest BCUT2D eigenvalue weighted by atomic mass is 10.1. The second kappa shape index (κ2) is 5.82. The highest BCUT2D eigenvalue weighted by atomic mass is 16.3. The van der Waals surface area contributed by atoms with E-state index in [1.807, 2.05) is 19.1 Å². The van der Waals surface area contributed by atoms with Crippen LogP contribution in [0.3, 0.4) is 0 Å². The summed E-state index contributed by atoms with van der Waals surface area (Å²) in [6, 6.07) is 14.4. The van der Waals surface area contributed by atoms with Crippen molar-refractivity contribution in [2.45, 2.75) is 6.92 Å². The number of hydrogen-bond donors (Lipinski definition) is 0. The Morgan fingerprint density at radius 3 is 2.64 bits per heavy atom. The topological polar surface area (TPSA) is 47.3 Å². The zero-order valence-corrected chi connectivity index (χ0v) is 12.1. The first-order valence-corrected chi connectivity index (χ1v) is 6.95. The zero-order chi connectivity index (χ0) is 15.5. The van der Waals surface area contributed by atoms with E-state index in [9.17, 15) is 9.59 Å². The summed E-state index contributed by atoms with van der Waals surface area (Å²) in [6.07, 6.45) is 4.28. The fraction of sp³-hybridized carbons (Fsp3) is 0.0526. The second-order valence-electron chi connectivity index (χ2n) is 5.08. The van der Waals surface area contributed by atoms with Crippen molar-refractivity contribution in [3.05, 3.63) is 87.8 Å². The Morgan fingerprint density at radius 2 is 1.86 bits per heavy atom. The average molecular weight is 290 g/mol. The summed E-state index contributed by atoms with van der Waals surface area (Å²) >= 11 is 0. The van der Waals surface area contributed by atoms with E-state index in [0.717, 1.165) is 5.56 Å². The Labute approximate surface area is 127 Å². The molecule has 3 aromatic rings. The summed E-state index contributed by atoms with van der Waals surface area (Å²) in [6.45, 7) is 1.92. The fourth-order valence-electron chi connectivity index (χ4n) is 2.24. The summed E-state index contributed by atoms with van der Waals surface area (Å²) in [7, 11) is 0. The van der Waals surface area contributed by atoms with Gasteiger partial charge in [0.25, 0.3) is 0 Å². The monoisotopic (exact) mass is 290 g/mol. The minimum absolute atomic E-state index is 0.137. The number of hydrogen-bond acceptors (Lipinski definition) is 3.